The molecule has 0 atom stereocenters. The first-order valence-electron chi connectivity index (χ1n) is 7.51. The van der Waals surface area contributed by atoms with E-state index in [0.717, 1.165) is 12.8 Å². The SMILES string of the molecule is CCN(CCO)C(=O)c1cccc(S(=O)(=O)N2CCCC2)c1. The fourth-order valence-corrected chi connectivity index (χ4v) is 4.14. The number of amides is 1. The molecule has 1 aromatic carbocycles. The van der Waals surface area contributed by atoms with Gasteiger partial charge in [0.2, 0.25) is 10.0 Å². The lowest BCUT2D eigenvalue weighted by Crippen LogP contribution is -2.33. The van der Waals surface area contributed by atoms with Gasteiger partial charge >= 0.3 is 0 Å². The van der Waals surface area contributed by atoms with Crippen molar-refractivity contribution < 1.29 is 18.3 Å². The van der Waals surface area contributed by atoms with Crippen molar-refractivity contribution in [2.24, 2.45) is 0 Å². The molecule has 0 aliphatic carbocycles. The average Bonchev–Trinajstić information content (AvgIpc) is 3.07. The van der Waals surface area contributed by atoms with Crippen LogP contribution in [0.5, 0.6) is 0 Å². The van der Waals surface area contributed by atoms with Gasteiger partial charge in [0, 0.05) is 31.7 Å². The number of aliphatic hydroxyl groups excluding tert-OH is 1. The Hall–Kier alpha value is -1.44. The van der Waals surface area contributed by atoms with Crippen molar-refractivity contribution in [1.29, 1.82) is 0 Å². The van der Waals surface area contributed by atoms with Crippen molar-refractivity contribution in [1.82, 2.24) is 9.21 Å². The minimum Gasteiger partial charge on any atom is -0.395 e. The zero-order valence-electron chi connectivity index (χ0n) is 12.7. The fraction of sp³-hybridized carbons (Fsp3) is 0.533. The van der Waals surface area contributed by atoms with Crippen LogP contribution in [-0.4, -0.2) is 61.4 Å². The quantitative estimate of drug-likeness (QED) is 0.843. The smallest absolute Gasteiger partial charge is 0.253 e. The summed E-state index contributed by atoms with van der Waals surface area (Å²) >= 11 is 0. The van der Waals surface area contributed by atoms with E-state index in [4.69, 9.17) is 5.11 Å². The lowest BCUT2D eigenvalue weighted by Gasteiger charge is -2.20. The Morgan fingerprint density at radius 1 is 1.32 bits per heavy atom. The van der Waals surface area contributed by atoms with E-state index < -0.39 is 10.0 Å². The molecule has 0 bridgehead atoms. The Balaban J connectivity index is 2.28. The highest BCUT2D eigenvalue weighted by molar-refractivity contribution is 7.89. The topological polar surface area (TPSA) is 77.9 Å². The van der Waals surface area contributed by atoms with Gasteiger partial charge in [-0.05, 0) is 38.0 Å². The maximum absolute atomic E-state index is 12.5. The first kappa shape index (κ1) is 16.9. The number of carbonyl (C=O) groups excluding carboxylic acids is 1. The Labute approximate surface area is 131 Å². The van der Waals surface area contributed by atoms with E-state index in [0.29, 0.717) is 25.2 Å². The van der Waals surface area contributed by atoms with Crippen molar-refractivity contribution >= 4 is 15.9 Å². The van der Waals surface area contributed by atoms with Gasteiger partial charge < -0.3 is 10.0 Å². The normalized spacial score (nSPS) is 15.9. The molecular weight excluding hydrogens is 304 g/mol. The van der Waals surface area contributed by atoms with Crippen LogP contribution in [-0.2, 0) is 10.0 Å². The molecule has 0 unspecified atom stereocenters. The second-order valence-corrected chi connectivity index (χ2v) is 7.19. The molecule has 0 radical (unpaired) electrons. The lowest BCUT2D eigenvalue weighted by atomic mass is 10.2. The second-order valence-electron chi connectivity index (χ2n) is 5.25. The molecule has 1 aliphatic rings. The summed E-state index contributed by atoms with van der Waals surface area (Å²) in [5.74, 6) is -0.268. The van der Waals surface area contributed by atoms with E-state index in [-0.39, 0.29) is 24.0 Å². The third-order valence-corrected chi connectivity index (χ3v) is 5.72. The minimum absolute atomic E-state index is 0.120. The van der Waals surface area contributed by atoms with Crippen LogP contribution in [0, 0.1) is 0 Å². The number of aliphatic hydroxyl groups is 1. The summed E-state index contributed by atoms with van der Waals surface area (Å²) in [5.41, 5.74) is 0.329. The number of carbonyl (C=O) groups is 1. The molecule has 1 heterocycles. The summed E-state index contributed by atoms with van der Waals surface area (Å²) in [6.07, 6.45) is 1.75. The molecule has 0 aromatic heterocycles. The van der Waals surface area contributed by atoms with Gasteiger partial charge in [-0.15, -0.1) is 0 Å². The Morgan fingerprint density at radius 2 is 2.00 bits per heavy atom. The van der Waals surface area contributed by atoms with Crippen molar-refractivity contribution in [3.8, 4) is 0 Å². The van der Waals surface area contributed by atoms with Gasteiger partial charge in [0.05, 0.1) is 11.5 Å². The van der Waals surface area contributed by atoms with Gasteiger partial charge in [-0.2, -0.15) is 4.31 Å². The highest BCUT2D eigenvalue weighted by atomic mass is 32.2. The van der Waals surface area contributed by atoms with E-state index in [1.54, 1.807) is 12.1 Å². The molecule has 1 aliphatic heterocycles. The summed E-state index contributed by atoms with van der Waals surface area (Å²) < 4.78 is 26.5. The van der Waals surface area contributed by atoms with Gasteiger partial charge in [0.25, 0.3) is 5.91 Å². The number of likely N-dealkylation sites (N-methyl/N-ethyl adjacent to an activating group) is 1. The molecule has 22 heavy (non-hydrogen) atoms. The van der Waals surface area contributed by atoms with Gasteiger partial charge in [-0.1, -0.05) is 6.07 Å². The van der Waals surface area contributed by atoms with Gasteiger partial charge in [-0.25, -0.2) is 8.42 Å². The Bertz CT molecular complexity index is 624. The van der Waals surface area contributed by atoms with Crippen molar-refractivity contribution in [3.05, 3.63) is 29.8 Å². The summed E-state index contributed by atoms with van der Waals surface area (Å²) in [7, 11) is -3.53. The predicted octanol–water partition coefficient (Wildman–Crippen LogP) is 0.925. The Morgan fingerprint density at radius 3 is 2.59 bits per heavy atom. The maximum Gasteiger partial charge on any atom is 0.253 e. The van der Waals surface area contributed by atoms with E-state index in [2.05, 4.69) is 0 Å². The molecule has 1 amide bonds. The van der Waals surface area contributed by atoms with Gasteiger partial charge in [0.15, 0.2) is 0 Å². The fourth-order valence-electron chi connectivity index (χ4n) is 2.57. The van der Waals surface area contributed by atoms with Crippen LogP contribution in [0.2, 0.25) is 0 Å². The number of benzene rings is 1. The Kier molecular flexibility index (Phi) is 5.55. The standard InChI is InChI=1S/C15H22N2O4S/c1-2-16(10-11-18)15(19)13-6-5-7-14(12-13)22(20,21)17-8-3-4-9-17/h5-7,12,18H,2-4,8-11H2,1H3. The van der Waals surface area contributed by atoms with E-state index >= 15 is 0 Å². The molecule has 0 saturated carbocycles. The van der Waals surface area contributed by atoms with Crippen LogP contribution < -0.4 is 0 Å². The number of rotatable bonds is 6. The van der Waals surface area contributed by atoms with Gasteiger partial charge in [-0.3, -0.25) is 4.79 Å². The summed E-state index contributed by atoms with van der Waals surface area (Å²) in [4.78, 5) is 14.0. The number of hydrogen-bond acceptors (Lipinski definition) is 4. The first-order chi connectivity index (χ1) is 10.5. The monoisotopic (exact) mass is 326 g/mol. The van der Waals surface area contributed by atoms with Crippen LogP contribution in [0.25, 0.3) is 0 Å². The molecule has 1 saturated heterocycles. The number of sulfonamides is 1. The van der Waals surface area contributed by atoms with Crippen LogP contribution in [0.1, 0.15) is 30.1 Å². The molecule has 1 N–H and O–H groups in total. The third kappa shape index (κ3) is 3.48. The van der Waals surface area contributed by atoms with E-state index in [1.807, 2.05) is 6.92 Å². The van der Waals surface area contributed by atoms with Crippen molar-refractivity contribution in [2.75, 3.05) is 32.8 Å². The lowest BCUT2D eigenvalue weighted by molar-refractivity contribution is 0.0731. The maximum atomic E-state index is 12.5. The van der Waals surface area contributed by atoms with Crippen molar-refractivity contribution in [3.63, 3.8) is 0 Å². The molecular formula is C15H22N2O4S. The molecule has 1 fully saturated rings. The largest absolute Gasteiger partial charge is 0.395 e. The van der Waals surface area contributed by atoms with Crippen molar-refractivity contribution in [2.45, 2.75) is 24.7 Å². The summed E-state index contributed by atoms with van der Waals surface area (Å²) in [6.45, 7) is 3.46. The highest BCUT2D eigenvalue weighted by Gasteiger charge is 2.28. The molecule has 1 aromatic rings. The zero-order chi connectivity index (χ0) is 16.2. The average molecular weight is 326 g/mol. The van der Waals surface area contributed by atoms with E-state index in [1.165, 1.54) is 21.3 Å². The van der Waals surface area contributed by atoms with Crippen LogP contribution in [0.4, 0.5) is 0 Å². The number of nitrogens with zero attached hydrogens (tertiary/aromatic N) is 2. The molecule has 7 heteroatoms. The molecule has 122 valence electrons. The van der Waals surface area contributed by atoms with Gasteiger partial charge in [0.1, 0.15) is 0 Å². The highest BCUT2D eigenvalue weighted by Crippen LogP contribution is 2.22. The molecule has 0 spiro atoms. The zero-order valence-corrected chi connectivity index (χ0v) is 13.6. The van der Waals surface area contributed by atoms with E-state index in [9.17, 15) is 13.2 Å². The first-order valence-corrected chi connectivity index (χ1v) is 8.95. The predicted molar refractivity (Wildman–Crippen MR) is 83.1 cm³/mol. The molecule has 2 rings (SSSR count). The van der Waals surface area contributed by atoms with Crippen LogP contribution in [0.15, 0.2) is 29.2 Å². The molecule has 6 nitrogen and oxygen atoms in total. The van der Waals surface area contributed by atoms with Crippen LogP contribution in [0.3, 0.4) is 0 Å². The second kappa shape index (κ2) is 7.21. The summed E-state index contributed by atoms with van der Waals surface area (Å²) in [5, 5.41) is 8.99. The van der Waals surface area contributed by atoms with Crippen LogP contribution >= 0.6 is 0 Å². The summed E-state index contributed by atoms with van der Waals surface area (Å²) in [6, 6.07) is 6.14. The minimum atomic E-state index is -3.53. The third-order valence-electron chi connectivity index (χ3n) is 3.82. The number of hydrogen-bond donors (Lipinski definition) is 1.